The van der Waals surface area contributed by atoms with Gasteiger partial charge in [0.2, 0.25) is 11.9 Å². The van der Waals surface area contributed by atoms with Crippen LogP contribution in [0.15, 0.2) is 41.3 Å². The van der Waals surface area contributed by atoms with E-state index in [0.29, 0.717) is 24.1 Å². The van der Waals surface area contributed by atoms with E-state index in [4.69, 9.17) is 0 Å². The van der Waals surface area contributed by atoms with E-state index >= 15 is 0 Å². The number of hydrogen-bond acceptors (Lipinski definition) is 8. The van der Waals surface area contributed by atoms with Crippen molar-refractivity contribution in [2.75, 3.05) is 37.6 Å². The molecule has 26 heavy (non-hydrogen) atoms. The molecule has 3 heterocycles. The Morgan fingerprint density at radius 1 is 1.08 bits per heavy atom. The third kappa shape index (κ3) is 3.77. The van der Waals surface area contributed by atoms with Crippen molar-refractivity contribution in [1.82, 2.24) is 30.5 Å². The minimum Gasteiger partial charge on any atom is -0.351 e. The Morgan fingerprint density at radius 2 is 1.85 bits per heavy atom. The molecule has 1 aliphatic rings. The summed E-state index contributed by atoms with van der Waals surface area (Å²) in [5.41, 5.74) is 2.36. The first-order chi connectivity index (χ1) is 12.8. The molecule has 0 spiro atoms. The van der Waals surface area contributed by atoms with E-state index in [0.717, 1.165) is 37.7 Å². The molecule has 1 saturated heterocycles. The molecule has 0 radical (unpaired) electrons. The number of nitrogens with one attached hydrogen (secondary N) is 1. The van der Waals surface area contributed by atoms with Crippen LogP contribution in [0.25, 0.3) is 11.0 Å². The van der Waals surface area contributed by atoms with Crippen molar-refractivity contribution in [3.8, 4) is 0 Å². The summed E-state index contributed by atoms with van der Waals surface area (Å²) in [7, 11) is 0. The van der Waals surface area contributed by atoms with Gasteiger partial charge in [0, 0.05) is 45.1 Å². The zero-order valence-electron chi connectivity index (χ0n) is 14.2. The van der Waals surface area contributed by atoms with Gasteiger partial charge in [-0.3, -0.25) is 9.69 Å². The number of nitrogens with zero attached hydrogens (tertiary/aromatic N) is 6. The molecule has 0 saturated carbocycles. The fourth-order valence-corrected chi connectivity index (χ4v) is 2.96. The van der Waals surface area contributed by atoms with Crippen LogP contribution in [0.4, 0.5) is 5.95 Å². The number of piperazine rings is 1. The van der Waals surface area contributed by atoms with Gasteiger partial charge in [-0.15, -0.1) is 0 Å². The summed E-state index contributed by atoms with van der Waals surface area (Å²) in [6.45, 7) is 4.08. The highest BCUT2D eigenvalue weighted by atomic mass is 16.6. The highest BCUT2D eigenvalue weighted by Gasteiger charge is 2.20. The molecule has 1 aromatic carbocycles. The van der Waals surface area contributed by atoms with Gasteiger partial charge >= 0.3 is 0 Å². The van der Waals surface area contributed by atoms with Gasteiger partial charge in [-0.1, -0.05) is 6.07 Å². The van der Waals surface area contributed by atoms with Crippen LogP contribution in [0.2, 0.25) is 0 Å². The highest BCUT2D eigenvalue weighted by Crippen LogP contribution is 2.12. The van der Waals surface area contributed by atoms with Gasteiger partial charge in [-0.25, -0.2) is 14.6 Å². The molecule has 4 rings (SSSR count). The Morgan fingerprint density at radius 3 is 2.65 bits per heavy atom. The number of benzene rings is 1. The van der Waals surface area contributed by atoms with Crippen LogP contribution >= 0.6 is 0 Å². The normalized spacial score (nSPS) is 15.3. The maximum atomic E-state index is 12.2. The smallest absolute Gasteiger partial charge is 0.234 e. The molecule has 2 aromatic heterocycles. The number of rotatable bonds is 5. The van der Waals surface area contributed by atoms with Crippen LogP contribution in [0.5, 0.6) is 0 Å². The Balaban J connectivity index is 1.24. The number of carbonyl (C=O) groups is 1. The summed E-state index contributed by atoms with van der Waals surface area (Å²) < 4.78 is 4.68. The lowest BCUT2D eigenvalue weighted by atomic mass is 10.2. The average molecular weight is 353 g/mol. The first kappa shape index (κ1) is 16.4. The lowest BCUT2D eigenvalue weighted by Gasteiger charge is -2.34. The molecule has 134 valence electrons. The second kappa shape index (κ2) is 7.44. The van der Waals surface area contributed by atoms with Gasteiger partial charge in [0.25, 0.3) is 0 Å². The maximum absolute atomic E-state index is 12.2. The second-order valence-corrected chi connectivity index (χ2v) is 6.18. The standard InChI is InChI=1S/C17H19N7O2/c25-16(20-11-13-2-3-14-15(10-13)22-26-21-14)12-23-6-8-24(9-7-23)17-18-4-1-5-19-17/h1-5,10H,6-9,11-12H2,(H,20,25). The number of amides is 1. The van der Waals surface area contributed by atoms with E-state index in [1.165, 1.54) is 0 Å². The number of anilines is 1. The van der Waals surface area contributed by atoms with Crippen LogP contribution < -0.4 is 10.2 Å². The van der Waals surface area contributed by atoms with Crippen LogP contribution in [-0.4, -0.2) is 63.8 Å². The van der Waals surface area contributed by atoms with Gasteiger partial charge < -0.3 is 10.2 Å². The largest absolute Gasteiger partial charge is 0.351 e. The number of hydrogen-bond donors (Lipinski definition) is 1. The van der Waals surface area contributed by atoms with Crippen LogP contribution in [0, 0.1) is 0 Å². The lowest BCUT2D eigenvalue weighted by Crippen LogP contribution is -2.49. The highest BCUT2D eigenvalue weighted by molar-refractivity contribution is 5.78. The summed E-state index contributed by atoms with van der Waals surface area (Å²) >= 11 is 0. The molecular formula is C17H19N7O2. The maximum Gasteiger partial charge on any atom is 0.234 e. The number of carbonyl (C=O) groups excluding carboxylic acids is 1. The molecule has 0 aliphatic carbocycles. The Kier molecular flexibility index (Phi) is 4.69. The summed E-state index contributed by atoms with van der Waals surface area (Å²) in [4.78, 5) is 25.0. The fraction of sp³-hybridized carbons (Fsp3) is 0.353. The monoisotopic (exact) mass is 353 g/mol. The van der Waals surface area contributed by atoms with E-state index in [1.807, 2.05) is 18.2 Å². The number of aromatic nitrogens is 4. The molecule has 9 nitrogen and oxygen atoms in total. The van der Waals surface area contributed by atoms with Gasteiger partial charge in [-0.2, -0.15) is 0 Å². The van der Waals surface area contributed by atoms with Gasteiger partial charge in [0.15, 0.2) is 0 Å². The van der Waals surface area contributed by atoms with Crippen LogP contribution in [-0.2, 0) is 11.3 Å². The minimum absolute atomic E-state index is 0.00721. The zero-order valence-corrected chi connectivity index (χ0v) is 14.2. The SMILES string of the molecule is O=C(CN1CCN(c2ncccn2)CC1)NCc1ccc2nonc2c1. The summed E-state index contributed by atoms with van der Waals surface area (Å²) in [6.07, 6.45) is 3.49. The second-order valence-electron chi connectivity index (χ2n) is 6.18. The van der Waals surface area contributed by atoms with Crippen LogP contribution in [0.3, 0.4) is 0 Å². The van der Waals surface area contributed by atoms with Gasteiger partial charge in [0.1, 0.15) is 11.0 Å². The predicted molar refractivity (Wildman–Crippen MR) is 94.3 cm³/mol. The van der Waals surface area contributed by atoms with Crippen molar-refractivity contribution in [3.63, 3.8) is 0 Å². The molecule has 0 unspecified atom stereocenters. The van der Waals surface area contributed by atoms with E-state index in [1.54, 1.807) is 18.5 Å². The third-order valence-corrected chi connectivity index (χ3v) is 4.38. The minimum atomic E-state index is 0.00721. The van der Waals surface area contributed by atoms with Crippen molar-refractivity contribution >= 4 is 22.9 Å². The summed E-state index contributed by atoms with van der Waals surface area (Å²) in [5.74, 6) is 0.752. The van der Waals surface area contributed by atoms with E-state index in [-0.39, 0.29) is 5.91 Å². The first-order valence-electron chi connectivity index (χ1n) is 8.50. The van der Waals surface area contributed by atoms with Crippen molar-refractivity contribution in [1.29, 1.82) is 0 Å². The Labute approximate surface area is 150 Å². The summed E-state index contributed by atoms with van der Waals surface area (Å²) in [5, 5.41) is 10.5. The van der Waals surface area contributed by atoms with Crippen molar-refractivity contribution in [3.05, 3.63) is 42.2 Å². The quantitative estimate of drug-likeness (QED) is 0.706. The molecule has 0 atom stereocenters. The predicted octanol–water partition coefficient (Wildman–Crippen LogP) is 0.451. The van der Waals surface area contributed by atoms with Crippen molar-refractivity contribution < 1.29 is 9.42 Å². The Bertz CT molecular complexity index is 875. The van der Waals surface area contributed by atoms with Crippen molar-refractivity contribution in [2.24, 2.45) is 0 Å². The lowest BCUT2D eigenvalue weighted by molar-refractivity contribution is -0.122. The fourth-order valence-electron chi connectivity index (χ4n) is 2.96. The average Bonchev–Trinajstić information content (AvgIpc) is 3.15. The van der Waals surface area contributed by atoms with E-state index in [9.17, 15) is 4.79 Å². The molecule has 3 aromatic rings. The molecule has 9 heteroatoms. The van der Waals surface area contributed by atoms with Crippen molar-refractivity contribution in [2.45, 2.75) is 6.54 Å². The zero-order chi connectivity index (χ0) is 17.8. The summed E-state index contributed by atoms with van der Waals surface area (Å²) in [6, 6.07) is 7.41. The molecule has 1 fully saturated rings. The van der Waals surface area contributed by atoms with E-state index in [2.05, 4.69) is 40.0 Å². The molecule has 1 amide bonds. The third-order valence-electron chi connectivity index (χ3n) is 4.38. The molecule has 0 bridgehead atoms. The molecule has 1 aliphatic heterocycles. The number of fused-ring (bicyclic) bond motifs is 1. The van der Waals surface area contributed by atoms with E-state index < -0.39 is 0 Å². The molecule has 1 N–H and O–H groups in total. The molecular weight excluding hydrogens is 334 g/mol. The van der Waals surface area contributed by atoms with Gasteiger partial charge in [-0.05, 0) is 34.1 Å². The van der Waals surface area contributed by atoms with Gasteiger partial charge in [0.05, 0.1) is 6.54 Å². The topological polar surface area (TPSA) is 100 Å². The first-order valence-corrected chi connectivity index (χ1v) is 8.50. The Hall–Kier alpha value is -3.07. The van der Waals surface area contributed by atoms with Crippen LogP contribution in [0.1, 0.15) is 5.56 Å².